The van der Waals surface area contributed by atoms with E-state index in [4.69, 9.17) is 10.8 Å². The highest BCUT2D eigenvalue weighted by molar-refractivity contribution is 5.77. The van der Waals surface area contributed by atoms with Crippen molar-refractivity contribution in [2.24, 2.45) is 5.73 Å². The van der Waals surface area contributed by atoms with E-state index in [9.17, 15) is 4.79 Å². The van der Waals surface area contributed by atoms with Gasteiger partial charge in [0.1, 0.15) is 0 Å². The Kier molecular flexibility index (Phi) is 5.66. The average molecular weight is 236 g/mol. The van der Waals surface area contributed by atoms with Gasteiger partial charge in [0.25, 0.3) is 0 Å². The molecule has 0 fully saturated rings. The molecule has 1 atom stereocenters. The Morgan fingerprint density at radius 2 is 2.06 bits per heavy atom. The molecule has 94 valence electrons. The van der Waals surface area contributed by atoms with Crippen molar-refractivity contribution in [3.63, 3.8) is 0 Å². The van der Waals surface area contributed by atoms with E-state index in [1.54, 1.807) is 4.90 Å². The first-order valence-electron chi connectivity index (χ1n) is 5.88. The van der Waals surface area contributed by atoms with Gasteiger partial charge in [-0.3, -0.25) is 4.79 Å². The molecule has 0 spiro atoms. The molecule has 3 N–H and O–H groups in total. The monoisotopic (exact) mass is 236 g/mol. The first-order valence-corrected chi connectivity index (χ1v) is 5.88. The number of hydrogen-bond donors (Lipinski definition) is 2. The van der Waals surface area contributed by atoms with Gasteiger partial charge in [0.05, 0.1) is 6.61 Å². The maximum absolute atomic E-state index is 11.9. The lowest BCUT2D eigenvalue weighted by Gasteiger charge is -2.21. The quantitative estimate of drug-likeness (QED) is 0.771. The van der Waals surface area contributed by atoms with Gasteiger partial charge >= 0.3 is 0 Å². The summed E-state index contributed by atoms with van der Waals surface area (Å²) >= 11 is 0. The Morgan fingerprint density at radius 1 is 1.41 bits per heavy atom. The van der Waals surface area contributed by atoms with Crippen LogP contribution in [0.25, 0.3) is 0 Å². The molecule has 0 aromatic heterocycles. The Morgan fingerprint density at radius 3 is 2.59 bits per heavy atom. The second kappa shape index (κ2) is 7.04. The summed E-state index contributed by atoms with van der Waals surface area (Å²) in [5.41, 5.74) is 6.93. The zero-order valence-corrected chi connectivity index (χ0v) is 10.2. The van der Waals surface area contributed by atoms with Gasteiger partial charge in [0.2, 0.25) is 5.91 Å². The van der Waals surface area contributed by atoms with Crippen molar-refractivity contribution in [3.8, 4) is 0 Å². The van der Waals surface area contributed by atoms with Crippen LogP contribution in [0.3, 0.4) is 0 Å². The lowest BCUT2D eigenvalue weighted by Crippen LogP contribution is -2.35. The summed E-state index contributed by atoms with van der Waals surface area (Å²) in [6.45, 7) is 2.85. The summed E-state index contributed by atoms with van der Waals surface area (Å²) in [6, 6.07) is 9.29. The van der Waals surface area contributed by atoms with Gasteiger partial charge in [-0.05, 0) is 12.5 Å². The summed E-state index contributed by atoms with van der Waals surface area (Å²) in [4.78, 5) is 13.5. The van der Waals surface area contributed by atoms with Gasteiger partial charge in [-0.15, -0.1) is 0 Å². The van der Waals surface area contributed by atoms with E-state index >= 15 is 0 Å². The minimum absolute atomic E-state index is 0.0137. The normalized spacial score (nSPS) is 12.2. The topological polar surface area (TPSA) is 66.6 Å². The van der Waals surface area contributed by atoms with E-state index in [1.165, 1.54) is 0 Å². The van der Waals surface area contributed by atoms with Gasteiger partial charge in [-0.1, -0.05) is 30.3 Å². The van der Waals surface area contributed by atoms with Crippen LogP contribution in [0.15, 0.2) is 30.3 Å². The molecule has 0 aliphatic heterocycles. The molecule has 0 radical (unpaired) electrons. The molecule has 0 bridgehead atoms. The van der Waals surface area contributed by atoms with Crippen LogP contribution in [0, 0.1) is 0 Å². The SMILES string of the molecule is CCN(CCO)C(=O)CC(N)c1ccccc1. The number of hydrogen-bond acceptors (Lipinski definition) is 3. The van der Waals surface area contributed by atoms with E-state index in [2.05, 4.69) is 0 Å². The lowest BCUT2D eigenvalue weighted by atomic mass is 10.0. The molecule has 0 saturated carbocycles. The predicted molar refractivity (Wildman–Crippen MR) is 67.3 cm³/mol. The summed E-state index contributed by atoms with van der Waals surface area (Å²) in [5, 5.41) is 8.84. The number of carbonyl (C=O) groups excluding carboxylic acids is 1. The van der Waals surface area contributed by atoms with Crippen LogP contribution in [-0.2, 0) is 4.79 Å². The number of benzene rings is 1. The molecule has 4 heteroatoms. The molecule has 0 aliphatic rings. The number of nitrogens with two attached hydrogens (primary N) is 1. The summed E-state index contributed by atoms with van der Waals surface area (Å²) in [7, 11) is 0. The molecule has 0 aliphatic carbocycles. The second-order valence-electron chi connectivity index (χ2n) is 3.92. The molecular weight excluding hydrogens is 216 g/mol. The Balaban J connectivity index is 2.56. The summed E-state index contributed by atoms with van der Waals surface area (Å²) in [6.07, 6.45) is 0.276. The number of aliphatic hydroxyl groups is 1. The van der Waals surface area contributed by atoms with Crippen LogP contribution in [0.1, 0.15) is 24.9 Å². The molecular formula is C13H20N2O2. The lowest BCUT2D eigenvalue weighted by molar-refractivity contribution is -0.131. The zero-order valence-electron chi connectivity index (χ0n) is 10.2. The van der Waals surface area contributed by atoms with Crippen LogP contribution < -0.4 is 5.73 Å². The molecule has 17 heavy (non-hydrogen) atoms. The first kappa shape index (κ1) is 13.7. The second-order valence-corrected chi connectivity index (χ2v) is 3.92. The van der Waals surface area contributed by atoms with Crippen molar-refractivity contribution in [1.29, 1.82) is 0 Å². The van der Waals surface area contributed by atoms with Crippen molar-refractivity contribution in [2.45, 2.75) is 19.4 Å². The van der Waals surface area contributed by atoms with Crippen molar-refractivity contribution in [2.75, 3.05) is 19.7 Å². The fraction of sp³-hybridized carbons (Fsp3) is 0.462. The average Bonchev–Trinajstić information content (AvgIpc) is 2.36. The molecule has 1 aromatic carbocycles. The summed E-state index contributed by atoms with van der Waals surface area (Å²) in [5.74, 6) is -0.0158. The highest BCUT2D eigenvalue weighted by atomic mass is 16.3. The van der Waals surface area contributed by atoms with Crippen molar-refractivity contribution < 1.29 is 9.90 Å². The van der Waals surface area contributed by atoms with Crippen LogP contribution in [0.5, 0.6) is 0 Å². The predicted octanol–water partition coefficient (Wildman–Crippen LogP) is 0.917. The third-order valence-corrected chi connectivity index (χ3v) is 2.73. The van der Waals surface area contributed by atoms with Gasteiger partial charge in [0, 0.05) is 25.6 Å². The fourth-order valence-corrected chi connectivity index (χ4v) is 1.72. The van der Waals surface area contributed by atoms with E-state index in [1.807, 2.05) is 37.3 Å². The number of amides is 1. The van der Waals surface area contributed by atoms with E-state index in [0.29, 0.717) is 13.1 Å². The van der Waals surface area contributed by atoms with Crippen LogP contribution in [-0.4, -0.2) is 35.6 Å². The van der Waals surface area contributed by atoms with Gasteiger partial charge in [-0.25, -0.2) is 0 Å². The van der Waals surface area contributed by atoms with E-state index < -0.39 is 0 Å². The minimum atomic E-state index is -0.281. The Bertz CT molecular complexity index is 341. The molecule has 1 amide bonds. The smallest absolute Gasteiger partial charge is 0.224 e. The van der Waals surface area contributed by atoms with E-state index in [-0.39, 0.29) is 25.0 Å². The standard InChI is InChI=1S/C13H20N2O2/c1-2-15(8-9-16)13(17)10-12(14)11-6-4-3-5-7-11/h3-7,12,16H,2,8-10,14H2,1H3. The first-order chi connectivity index (χ1) is 8.19. The number of carbonyl (C=O) groups is 1. The van der Waals surface area contributed by atoms with Crippen LogP contribution in [0.4, 0.5) is 0 Å². The van der Waals surface area contributed by atoms with Gasteiger partial charge in [-0.2, -0.15) is 0 Å². The number of rotatable bonds is 6. The van der Waals surface area contributed by atoms with Gasteiger partial charge in [0.15, 0.2) is 0 Å². The third kappa shape index (κ3) is 4.17. The van der Waals surface area contributed by atoms with Crippen molar-refractivity contribution in [1.82, 2.24) is 4.90 Å². The maximum Gasteiger partial charge on any atom is 0.224 e. The molecule has 1 rings (SSSR count). The molecule has 1 aromatic rings. The Hall–Kier alpha value is -1.39. The van der Waals surface area contributed by atoms with Crippen molar-refractivity contribution in [3.05, 3.63) is 35.9 Å². The molecule has 1 unspecified atom stereocenters. The third-order valence-electron chi connectivity index (χ3n) is 2.73. The molecule has 4 nitrogen and oxygen atoms in total. The highest BCUT2D eigenvalue weighted by Crippen LogP contribution is 2.14. The number of likely N-dealkylation sites (N-methyl/N-ethyl adjacent to an activating group) is 1. The van der Waals surface area contributed by atoms with Crippen LogP contribution >= 0.6 is 0 Å². The van der Waals surface area contributed by atoms with E-state index in [0.717, 1.165) is 5.56 Å². The fourth-order valence-electron chi connectivity index (χ4n) is 1.72. The molecule has 0 saturated heterocycles. The highest BCUT2D eigenvalue weighted by Gasteiger charge is 2.16. The zero-order chi connectivity index (χ0) is 12.7. The van der Waals surface area contributed by atoms with Crippen molar-refractivity contribution >= 4 is 5.91 Å². The summed E-state index contributed by atoms with van der Waals surface area (Å²) < 4.78 is 0. The largest absolute Gasteiger partial charge is 0.395 e. The van der Waals surface area contributed by atoms with Crippen LogP contribution in [0.2, 0.25) is 0 Å². The molecule has 0 heterocycles. The number of aliphatic hydroxyl groups excluding tert-OH is 1. The minimum Gasteiger partial charge on any atom is -0.395 e. The van der Waals surface area contributed by atoms with Gasteiger partial charge < -0.3 is 15.7 Å². The maximum atomic E-state index is 11.9. The number of nitrogens with zero attached hydrogens (tertiary/aromatic N) is 1. The Labute approximate surface area is 102 Å².